The number of aromatic nitrogens is 3. The lowest BCUT2D eigenvalue weighted by molar-refractivity contribution is 0.641. The predicted octanol–water partition coefficient (Wildman–Crippen LogP) is 2.50. The van der Waals surface area contributed by atoms with Crippen molar-refractivity contribution in [3.05, 3.63) is 31.9 Å². The zero-order valence-electron chi connectivity index (χ0n) is 10.1. The third kappa shape index (κ3) is 2.43. The smallest absolute Gasteiger partial charge is 0.0798 e. The Morgan fingerprint density at radius 2 is 2.18 bits per heavy atom. The van der Waals surface area contributed by atoms with Gasteiger partial charge in [-0.1, -0.05) is 0 Å². The Morgan fingerprint density at radius 1 is 1.47 bits per heavy atom. The molecular weight excluding hydrogens is 300 g/mol. The Balaban J connectivity index is 2.24. The van der Waals surface area contributed by atoms with Gasteiger partial charge in [0.15, 0.2) is 0 Å². The summed E-state index contributed by atoms with van der Waals surface area (Å²) in [5.74, 6) is 0. The second-order valence-electron chi connectivity index (χ2n) is 4.08. The molecule has 6 heteroatoms. The van der Waals surface area contributed by atoms with Crippen LogP contribution in [-0.2, 0) is 13.5 Å². The minimum absolute atomic E-state index is 0.0198. The Kier molecular flexibility index (Phi) is 3.65. The molecule has 2 aromatic heterocycles. The molecule has 0 saturated heterocycles. The summed E-state index contributed by atoms with van der Waals surface area (Å²) >= 11 is 5.17. The highest BCUT2D eigenvalue weighted by Crippen LogP contribution is 2.27. The Hall–Kier alpha value is -0.720. The number of nitrogens with zero attached hydrogens (tertiary/aromatic N) is 3. The molecule has 0 spiro atoms. The van der Waals surface area contributed by atoms with Crippen molar-refractivity contribution in [1.29, 1.82) is 0 Å². The first kappa shape index (κ1) is 12.7. The lowest BCUT2D eigenvalue weighted by Crippen LogP contribution is -2.15. The second kappa shape index (κ2) is 4.88. The van der Waals surface area contributed by atoms with Crippen LogP contribution in [0.2, 0.25) is 0 Å². The Morgan fingerprint density at radius 3 is 2.65 bits per heavy atom. The van der Waals surface area contributed by atoms with Crippen molar-refractivity contribution in [2.45, 2.75) is 26.3 Å². The van der Waals surface area contributed by atoms with Crippen molar-refractivity contribution >= 4 is 27.3 Å². The summed E-state index contributed by atoms with van der Waals surface area (Å²) in [6.45, 7) is 3.98. The van der Waals surface area contributed by atoms with E-state index in [1.807, 2.05) is 31.1 Å². The van der Waals surface area contributed by atoms with Crippen LogP contribution in [0, 0.1) is 13.8 Å². The summed E-state index contributed by atoms with van der Waals surface area (Å²) in [5.41, 5.74) is 11.2. The number of thiazole rings is 1. The maximum absolute atomic E-state index is 6.23. The van der Waals surface area contributed by atoms with Gasteiger partial charge >= 0.3 is 0 Å². The van der Waals surface area contributed by atoms with E-state index in [-0.39, 0.29) is 6.04 Å². The third-order valence-corrected chi connectivity index (χ3v) is 4.89. The maximum atomic E-state index is 6.23. The number of hydrogen-bond donors (Lipinski definition) is 1. The summed E-state index contributed by atoms with van der Waals surface area (Å²) < 4.78 is 2.94. The molecule has 0 bridgehead atoms. The molecule has 4 nitrogen and oxygen atoms in total. The highest BCUT2D eigenvalue weighted by molar-refractivity contribution is 9.10. The molecule has 2 rings (SSSR count). The van der Waals surface area contributed by atoms with Gasteiger partial charge in [0.1, 0.15) is 0 Å². The molecule has 0 aromatic carbocycles. The molecule has 0 amide bonds. The number of halogens is 1. The van der Waals surface area contributed by atoms with E-state index in [2.05, 4.69) is 26.0 Å². The van der Waals surface area contributed by atoms with E-state index < -0.39 is 0 Å². The fourth-order valence-electron chi connectivity index (χ4n) is 1.87. The molecule has 92 valence electrons. The molecule has 17 heavy (non-hydrogen) atoms. The molecule has 0 radical (unpaired) electrons. The number of hydrogen-bond acceptors (Lipinski definition) is 4. The Labute approximate surface area is 113 Å². The lowest BCUT2D eigenvalue weighted by atomic mass is 10.1. The molecule has 2 N–H and O–H groups in total. The van der Waals surface area contributed by atoms with Crippen molar-refractivity contribution in [3.8, 4) is 0 Å². The van der Waals surface area contributed by atoms with Crippen molar-refractivity contribution in [2.75, 3.05) is 0 Å². The highest BCUT2D eigenvalue weighted by atomic mass is 79.9. The van der Waals surface area contributed by atoms with Crippen molar-refractivity contribution in [2.24, 2.45) is 12.8 Å². The third-order valence-electron chi connectivity index (χ3n) is 2.79. The summed E-state index contributed by atoms with van der Waals surface area (Å²) in [6.07, 6.45) is 0.765. The molecule has 0 saturated carbocycles. The first-order valence-corrected chi connectivity index (χ1v) is 7.01. The van der Waals surface area contributed by atoms with Gasteiger partial charge in [0.05, 0.1) is 27.1 Å². The van der Waals surface area contributed by atoms with Crippen LogP contribution in [0.5, 0.6) is 0 Å². The van der Waals surface area contributed by atoms with E-state index in [1.54, 1.807) is 11.3 Å². The molecule has 1 atom stereocenters. The lowest BCUT2D eigenvalue weighted by Gasteiger charge is -2.11. The van der Waals surface area contributed by atoms with Crippen LogP contribution in [0.3, 0.4) is 0 Å². The summed E-state index contributed by atoms with van der Waals surface area (Å²) in [6, 6.07) is -0.0198. The molecule has 0 aliphatic rings. The van der Waals surface area contributed by atoms with Crippen molar-refractivity contribution in [1.82, 2.24) is 14.8 Å². The standard InChI is InChI=1S/C11H15BrN4S/c1-6-10(12)9(16(3)15-6)4-8(13)11-7(2)14-5-17-11/h5,8H,4,13H2,1-3H3. The van der Waals surface area contributed by atoms with Gasteiger partial charge in [-0.15, -0.1) is 11.3 Å². The zero-order chi connectivity index (χ0) is 12.6. The van der Waals surface area contributed by atoms with Crippen LogP contribution in [0.25, 0.3) is 0 Å². The van der Waals surface area contributed by atoms with E-state index in [1.165, 1.54) is 0 Å². The summed E-state index contributed by atoms with van der Waals surface area (Å²) in [4.78, 5) is 5.38. The minimum Gasteiger partial charge on any atom is -0.323 e. The largest absolute Gasteiger partial charge is 0.323 e. The summed E-state index contributed by atoms with van der Waals surface area (Å²) in [7, 11) is 1.94. The first-order chi connectivity index (χ1) is 8.00. The van der Waals surface area contributed by atoms with Gasteiger partial charge in [0.25, 0.3) is 0 Å². The number of aryl methyl sites for hydroxylation is 3. The van der Waals surface area contributed by atoms with Crippen LogP contribution in [0.4, 0.5) is 0 Å². The fraction of sp³-hybridized carbons (Fsp3) is 0.455. The minimum atomic E-state index is -0.0198. The average molecular weight is 315 g/mol. The second-order valence-corrected chi connectivity index (χ2v) is 5.76. The van der Waals surface area contributed by atoms with E-state index in [0.29, 0.717) is 0 Å². The van der Waals surface area contributed by atoms with Crippen LogP contribution >= 0.6 is 27.3 Å². The van der Waals surface area contributed by atoms with Crippen molar-refractivity contribution in [3.63, 3.8) is 0 Å². The SMILES string of the molecule is Cc1ncsc1C(N)Cc1c(Br)c(C)nn1C. The summed E-state index contributed by atoms with van der Waals surface area (Å²) in [5, 5.41) is 4.37. The zero-order valence-corrected chi connectivity index (χ0v) is 12.5. The fourth-order valence-corrected chi connectivity index (χ4v) is 3.17. The monoisotopic (exact) mass is 314 g/mol. The number of nitrogens with two attached hydrogens (primary N) is 1. The molecule has 2 heterocycles. The normalized spacial score (nSPS) is 13.0. The van der Waals surface area contributed by atoms with E-state index >= 15 is 0 Å². The first-order valence-electron chi connectivity index (χ1n) is 5.34. The van der Waals surface area contributed by atoms with E-state index in [9.17, 15) is 0 Å². The number of rotatable bonds is 3. The molecule has 2 aromatic rings. The quantitative estimate of drug-likeness (QED) is 0.947. The van der Waals surface area contributed by atoms with E-state index in [0.717, 1.165) is 32.9 Å². The molecule has 0 aliphatic carbocycles. The van der Waals surface area contributed by atoms with Gasteiger partial charge < -0.3 is 5.73 Å². The van der Waals surface area contributed by atoms with Crippen LogP contribution < -0.4 is 5.73 Å². The van der Waals surface area contributed by atoms with Gasteiger partial charge in [-0.3, -0.25) is 4.68 Å². The van der Waals surface area contributed by atoms with Crippen LogP contribution in [0.1, 0.15) is 28.0 Å². The molecule has 0 fully saturated rings. The topological polar surface area (TPSA) is 56.7 Å². The van der Waals surface area contributed by atoms with Gasteiger partial charge in [0.2, 0.25) is 0 Å². The predicted molar refractivity (Wildman–Crippen MR) is 73.1 cm³/mol. The maximum Gasteiger partial charge on any atom is 0.0798 e. The van der Waals surface area contributed by atoms with Crippen molar-refractivity contribution < 1.29 is 0 Å². The van der Waals surface area contributed by atoms with Gasteiger partial charge in [0, 0.05) is 24.4 Å². The van der Waals surface area contributed by atoms with Crippen LogP contribution in [-0.4, -0.2) is 14.8 Å². The van der Waals surface area contributed by atoms with E-state index in [4.69, 9.17) is 5.73 Å². The van der Waals surface area contributed by atoms with Gasteiger partial charge in [-0.2, -0.15) is 5.10 Å². The Bertz CT molecular complexity index is 532. The highest BCUT2D eigenvalue weighted by Gasteiger charge is 2.17. The van der Waals surface area contributed by atoms with Crippen LogP contribution in [0.15, 0.2) is 9.98 Å². The van der Waals surface area contributed by atoms with Gasteiger partial charge in [-0.05, 0) is 29.8 Å². The van der Waals surface area contributed by atoms with Gasteiger partial charge in [-0.25, -0.2) is 4.98 Å². The molecular formula is C11H15BrN4S. The molecule has 1 unspecified atom stereocenters. The average Bonchev–Trinajstić information content (AvgIpc) is 2.78. The molecule has 0 aliphatic heterocycles.